The first-order valence-corrected chi connectivity index (χ1v) is 11.4. The summed E-state index contributed by atoms with van der Waals surface area (Å²) in [5.74, 6) is -0.119. The molecular formula is C17H19Cl2N3O3S2. The van der Waals surface area contributed by atoms with Crippen molar-refractivity contribution < 1.29 is 13.2 Å². The van der Waals surface area contributed by atoms with E-state index in [1.54, 1.807) is 24.3 Å². The van der Waals surface area contributed by atoms with Crippen LogP contribution in [0.3, 0.4) is 0 Å². The molecule has 0 atom stereocenters. The van der Waals surface area contributed by atoms with Crippen LogP contribution in [0.4, 0.5) is 5.69 Å². The molecule has 1 fully saturated rings. The molecule has 2 heterocycles. The molecule has 0 unspecified atom stereocenters. The van der Waals surface area contributed by atoms with Gasteiger partial charge < -0.3 is 10.2 Å². The molecular weight excluding hydrogens is 429 g/mol. The second-order valence-electron chi connectivity index (χ2n) is 6.08. The molecule has 0 bridgehead atoms. The van der Waals surface area contributed by atoms with Crippen molar-refractivity contribution in [3.05, 3.63) is 45.8 Å². The molecule has 0 saturated carbocycles. The number of amides is 1. The number of hydrogen-bond donors (Lipinski definition) is 1. The number of para-hydroxylation sites is 1. The van der Waals surface area contributed by atoms with Crippen LogP contribution < -0.4 is 5.32 Å². The van der Waals surface area contributed by atoms with Crippen molar-refractivity contribution in [1.29, 1.82) is 0 Å². The maximum Gasteiger partial charge on any atom is 0.252 e. The van der Waals surface area contributed by atoms with E-state index in [1.807, 2.05) is 6.07 Å². The SMILES string of the molecule is O=C(CCN1CCN(S(=O)(=O)c2ccc(Cl)s2)CC1)Nc1ccccc1Cl. The number of halogens is 2. The van der Waals surface area contributed by atoms with Crippen molar-refractivity contribution >= 4 is 56.2 Å². The number of sulfonamides is 1. The third-order valence-electron chi connectivity index (χ3n) is 4.28. The monoisotopic (exact) mass is 447 g/mol. The Balaban J connectivity index is 1.47. The first-order chi connectivity index (χ1) is 12.9. The van der Waals surface area contributed by atoms with Crippen LogP contribution in [0, 0.1) is 0 Å². The molecule has 6 nitrogen and oxygen atoms in total. The quantitative estimate of drug-likeness (QED) is 0.736. The van der Waals surface area contributed by atoms with Gasteiger partial charge in [0.1, 0.15) is 4.21 Å². The number of piperazine rings is 1. The highest BCUT2D eigenvalue weighted by atomic mass is 35.5. The molecule has 1 aliphatic heterocycles. The molecule has 146 valence electrons. The summed E-state index contributed by atoms with van der Waals surface area (Å²) >= 11 is 12.9. The topological polar surface area (TPSA) is 69.7 Å². The van der Waals surface area contributed by atoms with Gasteiger partial charge in [0.15, 0.2) is 0 Å². The van der Waals surface area contributed by atoms with Crippen LogP contribution in [0.15, 0.2) is 40.6 Å². The molecule has 1 N–H and O–H groups in total. The fourth-order valence-electron chi connectivity index (χ4n) is 2.79. The van der Waals surface area contributed by atoms with Crippen LogP contribution in [-0.4, -0.2) is 56.3 Å². The summed E-state index contributed by atoms with van der Waals surface area (Å²) in [5, 5.41) is 3.29. The molecule has 1 saturated heterocycles. The average Bonchev–Trinajstić information content (AvgIpc) is 3.09. The van der Waals surface area contributed by atoms with E-state index in [1.165, 1.54) is 10.4 Å². The maximum atomic E-state index is 12.6. The number of carbonyl (C=O) groups is 1. The number of carbonyl (C=O) groups excluding carboxylic acids is 1. The summed E-state index contributed by atoms with van der Waals surface area (Å²) < 4.78 is 27.4. The number of benzene rings is 1. The fourth-order valence-corrected chi connectivity index (χ4v) is 6.03. The lowest BCUT2D eigenvalue weighted by molar-refractivity contribution is -0.116. The van der Waals surface area contributed by atoms with Gasteiger partial charge in [0.05, 0.1) is 15.0 Å². The van der Waals surface area contributed by atoms with Gasteiger partial charge in [-0.15, -0.1) is 11.3 Å². The summed E-state index contributed by atoms with van der Waals surface area (Å²) in [5.41, 5.74) is 0.592. The predicted molar refractivity (Wildman–Crippen MR) is 109 cm³/mol. The van der Waals surface area contributed by atoms with E-state index in [4.69, 9.17) is 23.2 Å². The zero-order valence-electron chi connectivity index (χ0n) is 14.4. The lowest BCUT2D eigenvalue weighted by Crippen LogP contribution is -2.48. The lowest BCUT2D eigenvalue weighted by Gasteiger charge is -2.33. The molecule has 0 spiro atoms. The first kappa shape index (κ1) is 20.6. The second-order valence-corrected chi connectivity index (χ2v) is 10.4. The highest BCUT2D eigenvalue weighted by Gasteiger charge is 2.29. The zero-order valence-corrected chi connectivity index (χ0v) is 17.5. The summed E-state index contributed by atoms with van der Waals surface area (Å²) in [4.78, 5) is 14.2. The molecule has 0 radical (unpaired) electrons. The Morgan fingerprint density at radius 1 is 1.07 bits per heavy atom. The van der Waals surface area contributed by atoms with Crippen LogP contribution in [0.25, 0.3) is 0 Å². The molecule has 27 heavy (non-hydrogen) atoms. The van der Waals surface area contributed by atoms with E-state index in [0.29, 0.717) is 54.2 Å². The minimum atomic E-state index is -3.49. The Bertz CT molecular complexity index is 910. The van der Waals surface area contributed by atoms with Gasteiger partial charge in [0, 0.05) is 39.1 Å². The fraction of sp³-hybridized carbons (Fsp3) is 0.353. The van der Waals surface area contributed by atoms with Gasteiger partial charge in [-0.05, 0) is 24.3 Å². The van der Waals surface area contributed by atoms with Crippen LogP contribution in [0.1, 0.15) is 6.42 Å². The minimum Gasteiger partial charge on any atom is -0.325 e. The highest BCUT2D eigenvalue weighted by molar-refractivity contribution is 7.91. The average molecular weight is 448 g/mol. The van der Waals surface area contributed by atoms with E-state index in [-0.39, 0.29) is 10.1 Å². The Labute approximate surface area is 172 Å². The van der Waals surface area contributed by atoms with E-state index in [0.717, 1.165) is 11.3 Å². The van der Waals surface area contributed by atoms with Crippen molar-refractivity contribution in [1.82, 2.24) is 9.21 Å². The number of nitrogens with one attached hydrogen (secondary N) is 1. The summed E-state index contributed by atoms with van der Waals surface area (Å²) in [6.45, 7) is 2.51. The van der Waals surface area contributed by atoms with Gasteiger partial charge in [-0.1, -0.05) is 35.3 Å². The van der Waals surface area contributed by atoms with Crippen molar-refractivity contribution in [2.24, 2.45) is 0 Å². The minimum absolute atomic E-state index is 0.119. The highest BCUT2D eigenvalue weighted by Crippen LogP contribution is 2.28. The maximum absolute atomic E-state index is 12.6. The molecule has 1 aromatic carbocycles. The van der Waals surface area contributed by atoms with Crippen LogP contribution in [-0.2, 0) is 14.8 Å². The van der Waals surface area contributed by atoms with E-state index < -0.39 is 10.0 Å². The Morgan fingerprint density at radius 2 is 1.78 bits per heavy atom. The Hall–Kier alpha value is -1.16. The third kappa shape index (κ3) is 5.22. The second kappa shape index (κ2) is 8.89. The number of anilines is 1. The number of thiophene rings is 1. The molecule has 10 heteroatoms. The Kier molecular flexibility index (Phi) is 6.78. The summed E-state index contributed by atoms with van der Waals surface area (Å²) in [7, 11) is -3.49. The lowest BCUT2D eigenvalue weighted by atomic mass is 10.3. The van der Waals surface area contributed by atoms with E-state index in [9.17, 15) is 13.2 Å². The van der Waals surface area contributed by atoms with Crippen LogP contribution >= 0.6 is 34.5 Å². The molecule has 1 amide bonds. The summed E-state index contributed by atoms with van der Waals surface area (Å²) in [6, 6.07) is 10.2. The molecule has 1 aromatic heterocycles. The van der Waals surface area contributed by atoms with Gasteiger partial charge in [0.25, 0.3) is 10.0 Å². The number of rotatable bonds is 6. The largest absolute Gasteiger partial charge is 0.325 e. The van der Waals surface area contributed by atoms with Crippen molar-refractivity contribution in [3.8, 4) is 0 Å². The van der Waals surface area contributed by atoms with E-state index in [2.05, 4.69) is 10.2 Å². The predicted octanol–water partition coefficient (Wildman–Crippen LogP) is 3.39. The zero-order chi connectivity index (χ0) is 19.4. The molecule has 0 aliphatic carbocycles. The summed E-state index contributed by atoms with van der Waals surface area (Å²) in [6.07, 6.45) is 0.318. The van der Waals surface area contributed by atoms with Crippen LogP contribution in [0.5, 0.6) is 0 Å². The van der Waals surface area contributed by atoms with Crippen LogP contribution in [0.2, 0.25) is 9.36 Å². The normalized spacial score (nSPS) is 16.4. The van der Waals surface area contributed by atoms with E-state index >= 15 is 0 Å². The molecule has 3 rings (SSSR count). The third-order valence-corrected chi connectivity index (χ3v) is 8.20. The number of nitrogens with zero attached hydrogens (tertiary/aromatic N) is 2. The Morgan fingerprint density at radius 3 is 2.41 bits per heavy atom. The smallest absolute Gasteiger partial charge is 0.252 e. The standard InChI is InChI=1S/C17H19Cl2N3O3S2/c18-13-3-1-2-4-14(13)20-16(23)7-8-21-9-11-22(12-10-21)27(24,25)17-6-5-15(19)26-17/h1-6H,7-12H2,(H,20,23). The van der Waals surface area contributed by atoms with Gasteiger partial charge in [-0.25, -0.2) is 8.42 Å². The molecule has 1 aliphatic rings. The first-order valence-electron chi connectivity index (χ1n) is 8.38. The van der Waals surface area contributed by atoms with Crippen molar-refractivity contribution in [2.75, 3.05) is 38.0 Å². The van der Waals surface area contributed by atoms with Crippen molar-refractivity contribution in [3.63, 3.8) is 0 Å². The van der Waals surface area contributed by atoms with Gasteiger partial charge in [-0.3, -0.25) is 4.79 Å². The number of hydrogen-bond acceptors (Lipinski definition) is 5. The van der Waals surface area contributed by atoms with Gasteiger partial charge in [-0.2, -0.15) is 4.31 Å². The van der Waals surface area contributed by atoms with Crippen molar-refractivity contribution in [2.45, 2.75) is 10.6 Å². The molecule has 2 aromatic rings. The van der Waals surface area contributed by atoms with Gasteiger partial charge >= 0.3 is 0 Å². The van der Waals surface area contributed by atoms with Gasteiger partial charge in [0.2, 0.25) is 5.91 Å².